The maximum atomic E-state index is 5.22. The highest BCUT2D eigenvalue weighted by Crippen LogP contribution is 1.95. The molecule has 0 fully saturated rings. The molecule has 0 bridgehead atoms. The largest absolute Gasteiger partial charge is 0.498 e. The summed E-state index contributed by atoms with van der Waals surface area (Å²) in [6.45, 7) is 8.24. The maximum absolute atomic E-state index is 5.22. The highest BCUT2D eigenvalue weighted by molar-refractivity contribution is 4.84. The van der Waals surface area contributed by atoms with Crippen LogP contribution < -0.4 is 0 Å². The lowest BCUT2D eigenvalue weighted by molar-refractivity contribution is 0.219. The van der Waals surface area contributed by atoms with Crippen LogP contribution in [0.15, 0.2) is 24.5 Å². The molecule has 0 aromatic rings. The van der Waals surface area contributed by atoms with Crippen LogP contribution in [-0.4, -0.2) is 6.61 Å². The second-order valence-electron chi connectivity index (χ2n) is 1.83. The minimum absolute atomic E-state index is 0.750. The molecule has 0 rings (SSSR count). The zero-order valence-corrected chi connectivity index (χ0v) is 6.18. The molecule has 52 valence electrons. The smallest absolute Gasteiger partial charge is 0.0911 e. The summed E-state index contributed by atoms with van der Waals surface area (Å²) in [5.74, 6) is 0.983. The quantitative estimate of drug-likeness (QED) is 0.319. The van der Waals surface area contributed by atoms with E-state index in [-0.39, 0.29) is 0 Å². The van der Waals surface area contributed by atoms with Crippen LogP contribution in [0, 0.1) is 0 Å². The van der Waals surface area contributed by atoms with E-state index in [1.54, 1.807) is 0 Å². The fourth-order valence-corrected chi connectivity index (χ4v) is 0.387. The molecule has 9 heavy (non-hydrogen) atoms. The van der Waals surface area contributed by atoms with Crippen molar-refractivity contribution in [1.29, 1.82) is 0 Å². The minimum atomic E-state index is 0.750. The van der Waals surface area contributed by atoms with Gasteiger partial charge in [-0.1, -0.05) is 12.2 Å². The lowest BCUT2D eigenvalue weighted by Crippen LogP contribution is -1.88. The molecule has 0 radical (unpaired) electrons. The molecule has 0 saturated carbocycles. The second-order valence-corrected chi connectivity index (χ2v) is 1.83. The first kappa shape index (κ1) is 8.28. The van der Waals surface area contributed by atoms with Gasteiger partial charge < -0.3 is 4.74 Å². The SMILES string of the molecule is C=CCCOC(C)=CC. The Morgan fingerprint density at radius 2 is 2.33 bits per heavy atom. The van der Waals surface area contributed by atoms with Gasteiger partial charge in [0.2, 0.25) is 0 Å². The number of hydrogen-bond donors (Lipinski definition) is 0. The van der Waals surface area contributed by atoms with Crippen molar-refractivity contribution >= 4 is 0 Å². The van der Waals surface area contributed by atoms with Crippen LogP contribution in [0.3, 0.4) is 0 Å². The summed E-state index contributed by atoms with van der Waals surface area (Å²) < 4.78 is 5.22. The number of hydrogen-bond acceptors (Lipinski definition) is 1. The molecule has 0 saturated heterocycles. The minimum Gasteiger partial charge on any atom is -0.498 e. The van der Waals surface area contributed by atoms with Crippen molar-refractivity contribution in [2.24, 2.45) is 0 Å². The summed E-state index contributed by atoms with van der Waals surface area (Å²) in [7, 11) is 0. The molecule has 0 aromatic carbocycles. The van der Waals surface area contributed by atoms with Gasteiger partial charge >= 0.3 is 0 Å². The molecule has 0 spiro atoms. The topological polar surface area (TPSA) is 9.23 Å². The van der Waals surface area contributed by atoms with Crippen LogP contribution in [0.25, 0.3) is 0 Å². The van der Waals surface area contributed by atoms with E-state index < -0.39 is 0 Å². The predicted molar refractivity (Wildman–Crippen MR) is 40.2 cm³/mol. The summed E-state index contributed by atoms with van der Waals surface area (Å²) >= 11 is 0. The Labute approximate surface area is 57.0 Å². The summed E-state index contributed by atoms with van der Waals surface area (Å²) in [4.78, 5) is 0. The van der Waals surface area contributed by atoms with E-state index in [9.17, 15) is 0 Å². The zero-order chi connectivity index (χ0) is 7.11. The van der Waals surface area contributed by atoms with Crippen LogP contribution in [-0.2, 0) is 4.74 Å². The lowest BCUT2D eigenvalue weighted by atomic mass is 10.4. The van der Waals surface area contributed by atoms with Crippen molar-refractivity contribution in [2.45, 2.75) is 20.3 Å². The van der Waals surface area contributed by atoms with Gasteiger partial charge in [0, 0.05) is 0 Å². The molecular formula is C8H14O. The van der Waals surface area contributed by atoms with Gasteiger partial charge in [-0.2, -0.15) is 0 Å². The van der Waals surface area contributed by atoms with E-state index in [0.29, 0.717) is 0 Å². The summed E-state index contributed by atoms with van der Waals surface area (Å²) in [5, 5.41) is 0. The predicted octanol–water partition coefficient (Wildman–Crippen LogP) is 2.50. The Bertz CT molecular complexity index is 103. The Kier molecular flexibility index (Phi) is 4.98. The van der Waals surface area contributed by atoms with Gasteiger partial charge in [0.15, 0.2) is 0 Å². The fourth-order valence-electron chi connectivity index (χ4n) is 0.387. The standard InChI is InChI=1S/C8H14O/c1-4-6-7-9-8(3)5-2/h4-5H,1,6-7H2,2-3H3. The number of ether oxygens (including phenoxy) is 1. The average molecular weight is 126 g/mol. The van der Waals surface area contributed by atoms with Gasteiger partial charge in [-0.3, -0.25) is 0 Å². The third kappa shape index (κ3) is 5.15. The van der Waals surface area contributed by atoms with Gasteiger partial charge in [-0.05, 0) is 20.3 Å². The van der Waals surface area contributed by atoms with Gasteiger partial charge in [-0.15, -0.1) is 6.58 Å². The van der Waals surface area contributed by atoms with Crippen LogP contribution in [0.2, 0.25) is 0 Å². The highest BCUT2D eigenvalue weighted by Gasteiger charge is 1.83. The molecule has 0 aromatic heterocycles. The molecule has 0 heterocycles. The van der Waals surface area contributed by atoms with Crippen LogP contribution in [0.1, 0.15) is 20.3 Å². The van der Waals surface area contributed by atoms with Crippen molar-refractivity contribution in [2.75, 3.05) is 6.61 Å². The van der Waals surface area contributed by atoms with Crippen LogP contribution >= 0.6 is 0 Å². The average Bonchev–Trinajstić information content (AvgIpc) is 1.89. The molecule has 0 aliphatic rings. The fraction of sp³-hybridized carbons (Fsp3) is 0.500. The highest BCUT2D eigenvalue weighted by atomic mass is 16.5. The molecule has 0 amide bonds. The Hall–Kier alpha value is -0.720. The van der Waals surface area contributed by atoms with Crippen molar-refractivity contribution in [3.63, 3.8) is 0 Å². The third-order valence-corrected chi connectivity index (χ3v) is 1.06. The molecule has 1 nitrogen and oxygen atoms in total. The first-order valence-electron chi connectivity index (χ1n) is 3.18. The summed E-state index contributed by atoms with van der Waals surface area (Å²) in [6.07, 6.45) is 4.72. The molecule has 0 unspecified atom stereocenters. The Morgan fingerprint density at radius 1 is 1.67 bits per heavy atom. The van der Waals surface area contributed by atoms with Crippen LogP contribution in [0.5, 0.6) is 0 Å². The first-order valence-corrected chi connectivity index (χ1v) is 3.18. The third-order valence-electron chi connectivity index (χ3n) is 1.06. The maximum Gasteiger partial charge on any atom is 0.0911 e. The Balaban J connectivity index is 3.17. The molecule has 0 aliphatic carbocycles. The molecule has 1 heteroatoms. The molecular weight excluding hydrogens is 112 g/mol. The van der Waals surface area contributed by atoms with Crippen molar-refractivity contribution in [3.8, 4) is 0 Å². The molecule has 0 atom stereocenters. The van der Waals surface area contributed by atoms with Crippen molar-refractivity contribution < 1.29 is 4.74 Å². The van der Waals surface area contributed by atoms with Crippen molar-refractivity contribution in [3.05, 3.63) is 24.5 Å². The van der Waals surface area contributed by atoms with E-state index in [1.807, 2.05) is 26.0 Å². The monoisotopic (exact) mass is 126 g/mol. The van der Waals surface area contributed by atoms with E-state index in [4.69, 9.17) is 4.74 Å². The van der Waals surface area contributed by atoms with Crippen molar-refractivity contribution in [1.82, 2.24) is 0 Å². The summed E-state index contributed by atoms with van der Waals surface area (Å²) in [6, 6.07) is 0. The normalized spacial score (nSPS) is 11.1. The Morgan fingerprint density at radius 3 is 2.78 bits per heavy atom. The number of allylic oxidation sites excluding steroid dienone is 2. The number of rotatable bonds is 4. The summed E-state index contributed by atoms with van der Waals surface area (Å²) in [5.41, 5.74) is 0. The van der Waals surface area contributed by atoms with Crippen LogP contribution in [0.4, 0.5) is 0 Å². The van der Waals surface area contributed by atoms with Gasteiger partial charge in [0.25, 0.3) is 0 Å². The van der Waals surface area contributed by atoms with E-state index in [2.05, 4.69) is 6.58 Å². The van der Waals surface area contributed by atoms with Gasteiger partial charge in [-0.25, -0.2) is 0 Å². The van der Waals surface area contributed by atoms with Gasteiger partial charge in [0.1, 0.15) is 0 Å². The van der Waals surface area contributed by atoms with E-state index in [1.165, 1.54) is 0 Å². The molecule has 0 N–H and O–H groups in total. The second kappa shape index (κ2) is 5.42. The van der Waals surface area contributed by atoms with E-state index in [0.717, 1.165) is 18.8 Å². The van der Waals surface area contributed by atoms with Gasteiger partial charge in [0.05, 0.1) is 12.4 Å². The molecule has 0 aliphatic heterocycles. The lowest BCUT2D eigenvalue weighted by Gasteiger charge is -2.01. The first-order chi connectivity index (χ1) is 4.31. The zero-order valence-electron chi connectivity index (χ0n) is 6.18. The van der Waals surface area contributed by atoms with E-state index >= 15 is 0 Å².